The van der Waals surface area contributed by atoms with E-state index in [1.807, 2.05) is 31.2 Å². The minimum absolute atomic E-state index is 0.152. The normalized spacial score (nSPS) is 12.8. The number of fused-ring (bicyclic) bond motifs is 2. The molecule has 0 aliphatic carbocycles. The third-order valence-electron chi connectivity index (χ3n) is 5.08. The summed E-state index contributed by atoms with van der Waals surface area (Å²) in [5.41, 5.74) is 2.81. The first-order chi connectivity index (χ1) is 15.6. The molecule has 0 unspecified atom stereocenters. The van der Waals surface area contributed by atoms with Crippen molar-refractivity contribution in [2.24, 2.45) is 0 Å². The van der Waals surface area contributed by atoms with Gasteiger partial charge in [0.1, 0.15) is 0 Å². The second-order valence-corrected chi connectivity index (χ2v) is 7.34. The topological polar surface area (TPSA) is 96.0 Å². The maximum absolute atomic E-state index is 12.9. The number of ether oxygens (including phenoxy) is 4. The summed E-state index contributed by atoms with van der Waals surface area (Å²) in [6.45, 7) is 2.68. The van der Waals surface area contributed by atoms with E-state index < -0.39 is 18.5 Å². The zero-order chi connectivity index (χ0) is 22.5. The quantitative estimate of drug-likeness (QED) is 0.589. The summed E-state index contributed by atoms with van der Waals surface area (Å²) >= 11 is 0. The van der Waals surface area contributed by atoms with E-state index in [9.17, 15) is 9.59 Å². The van der Waals surface area contributed by atoms with E-state index in [1.54, 1.807) is 18.2 Å². The fourth-order valence-corrected chi connectivity index (χ4v) is 3.59. The Morgan fingerprint density at radius 1 is 1.09 bits per heavy atom. The Kier molecular flexibility index (Phi) is 6.51. The molecule has 166 valence electrons. The molecule has 32 heavy (non-hydrogen) atoms. The summed E-state index contributed by atoms with van der Waals surface area (Å²) in [6, 6.07) is 12.7. The molecule has 1 aromatic heterocycles. The van der Waals surface area contributed by atoms with Crippen molar-refractivity contribution in [1.29, 1.82) is 0 Å². The van der Waals surface area contributed by atoms with Crippen molar-refractivity contribution in [3.05, 3.63) is 59.3 Å². The van der Waals surface area contributed by atoms with Crippen LogP contribution in [0.3, 0.4) is 0 Å². The number of hydrogen-bond donors (Lipinski definition) is 1. The molecule has 1 aliphatic rings. The van der Waals surface area contributed by atoms with E-state index in [2.05, 4.69) is 10.3 Å². The number of aryl methyl sites for hydroxylation is 1. The molecule has 0 atom stereocenters. The van der Waals surface area contributed by atoms with E-state index in [0.717, 1.165) is 22.9 Å². The lowest BCUT2D eigenvalue weighted by Gasteiger charge is -2.14. The predicted molar refractivity (Wildman–Crippen MR) is 118 cm³/mol. The summed E-state index contributed by atoms with van der Waals surface area (Å²) in [5.74, 6) is 0.116. The lowest BCUT2D eigenvalue weighted by molar-refractivity contribution is -0.119. The average molecular weight is 436 g/mol. The lowest BCUT2D eigenvalue weighted by Crippen LogP contribution is -2.22. The summed E-state index contributed by atoms with van der Waals surface area (Å²) in [7, 11) is 1.53. The highest BCUT2D eigenvalue weighted by atomic mass is 16.5. The van der Waals surface area contributed by atoms with Gasteiger partial charge in [-0.25, -0.2) is 9.78 Å². The SMILES string of the molecule is COCc1nc2ccccc2c(C)c1C(=O)OCC(=O)Nc1ccc2c(c1)OCCCO2. The minimum Gasteiger partial charge on any atom is -0.490 e. The van der Waals surface area contributed by atoms with Gasteiger partial charge in [0.05, 0.1) is 36.6 Å². The molecule has 0 spiro atoms. The van der Waals surface area contributed by atoms with Crippen LogP contribution in [0.5, 0.6) is 11.5 Å². The maximum atomic E-state index is 12.9. The molecule has 2 aromatic carbocycles. The summed E-state index contributed by atoms with van der Waals surface area (Å²) < 4.78 is 21.7. The highest BCUT2D eigenvalue weighted by Gasteiger charge is 2.21. The van der Waals surface area contributed by atoms with Gasteiger partial charge in [0, 0.05) is 30.7 Å². The fourth-order valence-electron chi connectivity index (χ4n) is 3.59. The van der Waals surface area contributed by atoms with Crippen molar-refractivity contribution < 1.29 is 28.5 Å². The van der Waals surface area contributed by atoms with E-state index in [0.29, 0.717) is 41.7 Å². The summed E-state index contributed by atoms with van der Waals surface area (Å²) in [4.78, 5) is 29.8. The molecule has 0 saturated carbocycles. The first-order valence-corrected chi connectivity index (χ1v) is 10.3. The van der Waals surface area contributed by atoms with Gasteiger partial charge in [0.2, 0.25) is 0 Å². The Morgan fingerprint density at radius 2 is 1.88 bits per heavy atom. The zero-order valence-corrected chi connectivity index (χ0v) is 18.0. The fraction of sp³-hybridized carbons (Fsp3) is 0.292. The number of rotatable bonds is 6. The Bertz CT molecular complexity index is 1160. The van der Waals surface area contributed by atoms with Crippen LogP contribution in [0.25, 0.3) is 10.9 Å². The minimum atomic E-state index is -0.624. The van der Waals surface area contributed by atoms with Gasteiger partial charge >= 0.3 is 5.97 Å². The van der Waals surface area contributed by atoms with Crippen LogP contribution in [-0.4, -0.2) is 43.8 Å². The van der Waals surface area contributed by atoms with Gasteiger partial charge in [-0.15, -0.1) is 0 Å². The molecular weight excluding hydrogens is 412 g/mol. The van der Waals surface area contributed by atoms with Gasteiger partial charge in [0.25, 0.3) is 5.91 Å². The van der Waals surface area contributed by atoms with Crippen molar-refractivity contribution >= 4 is 28.5 Å². The highest BCUT2D eigenvalue weighted by Crippen LogP contribution is 2.32. The van der Waals surface area contributed by atoms with E-state index in [-0.39, 0.29) is 6.61 Å². The average Bonchev–Trinajstić information content (AvgIpc) is 3.03. The summed E-state index contributed by atoms with van der Waals surface area (Å²) in [5, 5.41) is 3.55. The number of esters is 1. The first-order valence-electron chi connectivity index (χ1n) is 10.3. The number of para-hydroxylation sites is 1. The Morgan fingerprint density at radius 3 is 2.69 bits per heavy atom. The first kappa shape index (κ1) is 21.6. The van der Waals surface area contributed by atoms with E-state index in [1.165, 1.54) is 7.11 Å². The third kappa shape index (κ3) is 4.65. The van der Waals surface area contributed by atoms with Crippen LogP contribution >= 0.6 is 0 Å². The second-order valence-electron chi connectivity index (χ2n) is 7.34. The number of benzene rings is 2. The van der Waals surface area contributed by atoms with Crippen LogP contribution in [0.1, 0.15) is 28.0 Å². The largest absolute Gasteiger partial charge is 0.490 e. The van der Waals surface area contributed by atoms with Gasteiger partial charge in [0.15, 0.2) is 18.1 Å². The zero-order valence-electron chi connectivity index (χ0n) is 18.0. The summed E-state index contributed by atoms with van der Waals surface area (Å²) in [6.07, 6.45) is 0.792. The monoisotopic (exact) mass is 436 g/mol. The highest BCUT2D eigenvalue weighted by molar-refractivity contribution is 6.00. The number of pyridine rings is 1. The number of carbonyl (C=O) groups is 2. The molecular formula is C24H24N2O6. The third-order valence-corrected chi connectivity index (χ3v) is 5.08. The van der Waals surface area contributed by atoms with Gasteiger partial charge in [-0.1, -0.05) is 18.2 Å². The number of carbonyl (C=O) groups excluding carboxylic acids is 2. The molecule has 0 bridgehead atoms. The molecule has 1 N–H and O–H groups in total. The number of methoxy groups -OCH3 is 1. The molecule has 1 aliphatic heterocycles. The van der Waals surface area contributed by atoms with Crippen LogP contribution in [-0.2, 0) is 20.9 Å². The number of anilines is 1. The molecule has 2 heterocycles. The van der Waals surface area contributed by atoms with Crippen molar-refractivity contribution in [3.63, 3.8) is 0 Å². The Hall–Kier alpha value is -3.65. The van der Waals surface area contributed by atoms with Crippen LogP contribution in [0, 0.1) is 6.92 Å². The molecule has 1 amide bonds. The smallest absolute Gasteiger partial charge is 0.340 e. The Labute approximate surface area is 185 Å². The number of hydrogen-bond acceptors (Lipinski definition) is 7. The van der Waals surface area contributed by atoms with Crippen molar-refractivity contribution in [3.8, 4) is 11.5 Å². The number of nitrogens with zero attached hydrogens (tertiary/aromatic N) is 1. The van der Waals surface area contributed by atoms with Crippen LogP contribution in [0.4, 0.5) is 5.69 Å². The van der Waals surface area contributed by atoms with Gasteiger partial charge in [-0.05, 0) is 30.7 Å². The molecule has 0 radical (unpaired) electrons. The van der Waals surface area contributed by atoms with Gasteiger partial charge in [-0.3, -0.25) is 4.79 Å². The predicted octanol–water partition coefficient (Wildman–Crippen LogP) is 3.65. The molecule has 8 heteroatoms. The molecule has 4 rings (SSSR count). The van der Waals surface area contributed by atoms with Crippen molar-refractivity contribution in [2.45, 2.75) is 20.0 Å². The lowest BCUT2D eigenvalue weighted by atomic mass is 10.0. The number of nitrogens with one attached hydrogen (secondary N) is 1. The van der Waals surface area contributed by atoms with E-state index in [4.69, 9.17) is 18.9 Å². The maximum Gasteiger partial charge on any atom is 0.340 e. The Balaban J connectivity index is 1.46. The number of amides is 1. The van der Waals surface area contributed by atoms with Gasteiger partial charge in [-0.2, -0.15) is 0 Å². The van der Waals surface area contributed by atoms with Gasteiger partial charge < -0.3 is 24.3 Å². The second kappa shape index (κ2) is 9.65. The molecule has 3 aromatic rings. The number of aromatic nitrogens is 1. The van der Waals surface area contributed by atoms with Crippen LogP contribution in [0.15, 0.2) is 42.5 Å². The standard InChI is InChI=1S/C24H24N2O6/c1-15-17-6-3-4-7-18(17)26-19(13-29-2)23(15)24(28)32-14-22(27)25-16-8-9-20-21(12-16)31-11-5-10-30-20/h3-4,6-9,12H,5,10-11,13-14H2,1-2H3,(H,25,27). The van der Waals surface area contributed by atoms with Crippen LogP contribution in [0.2, 0.25) is 0 Å². The molecule has 0 fully saturated rings. The van der Waals surface area contributed by atoms with Crippen molar-refractivity contribution in [1.82, 2.24) is 4.98 Å². The van der Waals surface area contributed by atoms with E-state index >= 15 is 0 Å². The van der Waals surface area contributed by atoms with Crippen molar-refractivity contribution in [2.75, 3.05) is 32.2 Å². The van der Waals surface area contributed by atoms with Crippen LogP contribution < -0.4 is 14.8 Å². The molecule has 8 nitrogen and oxygen atoms in total. The molecule has 0 saturated heterocycles.